The van der Waals surface area contributed by atoms with Gasteiger partial charge in [-0.1, -0.05) is 6.07 Å². The molecule has 26 heavy (non-hydrogen) atoms. The molecule has 4 rings (SSSR count). The van der Waals surface area contributed by atoms with Gasteiger partial charge in [-0.25, -0.2) is 14.5 Å². The van der Waals surface area contributed by atoms with Gasteiger partial charge in [-0.2, -0.15) is 0 Å². The van der Waals surface area contributed by atoms with Gasteiger partial charge in [0.1, 0.15) is 6.54 Å². The SMILES string of the molecule is Cc1nc(N2CCN(C(=O)Cn3nc4ccccn4c3=O)CC2)sc1C. The van der Waals surface area contributed by atoms with Crippen molar-refractivity contribution < 1.29 is 4.79 Å². The second-order valence-corrected chi connectivity index (χ2v) is 7.56. The zero-order valence-electron chi connectivity index (χ0n) is 14.8. The number of rotatable bonds is 3. The summed E-state index contributed by atoms with van der Waals surface area (Å²) in [5.74, 6) is -0.0818. The number of carbonyl (C=O) groups is 1. The first kappa shape index (κ1) is 16.8. The molecule has 3 aromatic rings. The summed E-state index contributed by atoms with van der Waals surface area (Å²) >= 11 is 1.69. The van der Waals surface area contributed by atoms with E-state index in [0.29, 0.717) is 18.7 Å². The van der Waals surface area contributed by atoms with Crippen molar-refractivity contribution in [3.05, 3.63) is 45.5 Å². The average molecular weight is 372 g/mol. The molecule has 1 aliphatic rings. The molecule has 3 aromatic heterocycles. The van der Waals surface area contributed by atoms with Gasteiger partial charge in [-0.3, -0.25) is 9.20 Å². The van der Waals surface area contributed by atoms with E-state index in [9.17, 15) is 9.59 Å². The van der Waals surface area contributed by atoms with E-state index < -0.39 is 0 Å². The molecule has 1 saturated heterocycles. The van der Waals surface area contributed by atoms with E-state index in [2.05, 4.69) is 21.9 Å². The molecule has 0 radical (unpaired) electrons. The largest absolute Gasteiger partial charge is 0.350 e. The number of nitrogens with zero attached hydrogens (tertiary/aromatic N) is 6. The number of hydrogen-bond acceptors (Lipinski definition) is 6. The number of aryl methyl sites for hydroxylation is 2. The molecule has 8 nitrogen and oxygen atoms in total. The lowest BCUT2D eigenvalue weighted by Gasteiger charge is -2.34. The molecule has 0 aliphatic carbocycles. The third-order valence-corrected chi connectivity index (χ3v) is 5.83. The van der Waals surface area contributed by atoms with Crippen molar-refractivity contribution >= 4 is 28.0 Å². The number of amides is 1. The quantitative estimate of drug-likeness (QED) is 0.683. The highest BCUT2D eigenvalue weighted by molar-refractivity contribution is 7.15. The molecule has 136 valence electrons. The zero-order chi connectivity index (χ0) is 18.3. The van der Waals surface area contributed by atoms with Crippen LogP contribution in [0.15, 0.2) is 29.2 Å². The lowest BCUT2D eigenvalue weighted by atomic mass is 10.3. The van der Waals surface area contributed by atoms with Gasteiger partial charge in [0.2, 0.25) is 5.91 Å². The smallest absolute Gasteiger partial charge is 0.345 e. The van der Waals surface area contributed by atoms with Gasteiger partial charge < -0.3 is 9.80 Å². The Hall–Kier alpha value is -2.68. The van der Waals surface area contributed by atoms with E-state index in [1.807, 2.05) is 13.0 Å². The number of piperazine rings is 1. The summed E-state index contributed by atoms with van der Waals surface area (Å²) in [7, 11) is 0. The first-order valence-electron chi connectivity index (χ1n) is 8.54. The van der Waals surface area contributed by atoms with Gasteiger partial charge in [-0.15, -0.1) is 16.4 Å². The van der Waals surface area contributed by atoms with E-state index in [4.69, 9.17) is 0 Å². The second kappa shape index (κ2) is 6.56. The normalized spacial score (nSPS) is 15.0. The van der Waals surface area contributed by atoms with Crippen molar-refractivity contribution in [2.24, 2.45) is 0 Å². The second-order valence-electron chi connectivity index (χ2n) is 6.37. The lowest BCUT2D eigenvalue weighted by Crippen LogP contribution is -2.50. The predicted molar refractivity (Wildman–Crippen MR) is 99.8 cm³/mol. The van der Waals surface area contributed by atoms with Crippen LogP contribution in [0.5, 0.6) is 0 Å². The minimum Gasteiger partial charge on any atom is -0.345 e. The van der Waals surface area contributed by atoms with Crippen LogP contribution in [0.3, 0.4) is 0 Å². The van der Waals surface area contributed by atoms with Crippen LogP contribution in [0.2, 0.25) is 0 Å². The Morgan fingerprint density at radius 2 is 1.96 bits per heavy atom. The molecular weight excluding hydrogens is 352 g/mol. The first-order chi connectivity index (χ1) is 12.5. The Labute approximate surface area is 154 Å². The maximum absolute atomic E-state index is 12.6. The average Bonchev–Trinajstić information content (AvgIpc) is 3.15. The highest BCUT2D eigenvalue weighted by Gasteiger charge is 2.24. The molecule has 0 unspecified atom stereocenters. The van der Waals surface area contributed by atoms with Crippen molar-refractivity contribution in [1.29, 1.82) is 0 Å². The lowest BCUT2D eigenvalue weighted by molar-refractivity contribution is -0.132. The predicted octanol–water partition coefficient (Wildman–Crippen LogP) is 0.918. The van der Waals surface area contributed by atoms with E-state index in [1.165, 1.54) is 14.0 Å². The summed E-state index contributed by atoms with van der Waals surface area (Å²) in [4.78, 5) is 34.7. The van der Waals surface area contributed by atoms with Crippen LogP contribution in [0.4, 0.5) is 5.13 Å². The van der Waals surface area contributed by atoms with Crippen molar-refractivity contribution in [3.63, 3.8) is 0 Å². The molecule has 9 heteroatoms. The Morgan fingerprint density at radius 3 is 2.62 bits per heavy atom. The topological polar surface area (TPSA) is 75.7 Å². The zero-order valence-corrected chi connectivity index (χ0v) is 15.6. The molecular formula is C17H20N6O2S. The summed E-state index contributed by atoms with van der Waals surface area (Å²) in [5.41, 5.74) is 1.32. The Morgan fingerprint density at radius 1 is 1.19 bits per heavy atom. The van der Waals surface area contributed by atoms with Crippen LogP contribution in [0.1, 0.15) is 10.6 Å². The Balaban J connectivity index is 1.41. The van der Waals surface area contributed by atoms with Gasteiger partial charge in [0.25, 0.3) is 0 Å². The van der Waals surface area contributed by atoms with Crippen LogP contribution in [0, 0.1) is 13.8 Å². The summed E-state index contributed by atoms with van der Waals surface area (Å²) < 4.78 is 2.68. The molecule has 0 aromatic carbocycles. The summed E-state index contributed by atoms with van der Waals surface area (Å²) in [6.45, 7) is 6.80. The Bertz CT molecular complexity index is 992. The van der Waals surface area contributed by atoms with Crippen LogP contribution >= 0.6 is 11.3 Å². The third-order valence-electron chi connectivity index (χ3n) is 4.69. The minimum absolute atomic E-state index is 0.0318. The maximum atomic E-state index is 12.6. The van der Waals surface area contributed by atoms with Crippen molar-refractivity contribution in [1.82, 2.24) is 24.1 Å². The van der Waals surface area contributed by atoms with Crippen molar-refractivity contribution in [2.45, 2.75) is 20.4 Å². The number of anilines is 1. The maximum Gasteiger partial charge on any atom is 0.350 e. The van der Waals surface area contributed by atoms with Gasteiger partial charge in [0.05, 0.1) is 5.69 Å². The summed E-state index contributed by atoms with van der Waals surface area (Å²) in [6, 6.07) is 5.33. The van der Waals surface area contributed by atoms with Crippen molar-refractivity contribution in [3.8, 4) is 0 Å². The molecule has 0 N–H and O–H groups in total. The minimum atomic E-state index is -0.290. The standard InChI is InChI=1S/C17H20N6O2S/c1-12-13(2)26-16(18-12)21-9-7-20(8-10-21)15(24)11-23-17(25)22-6-4-3-5-14(22)19-23/h3-6H,7-11H2,1-2H3. The van der Waals surface area contributed by atoms with E-state index in [-0.39, 0.29) is 18.1 Å². The number of carbonyl (C=O) groups excluding carboxylic acids is 1. The van der Waals surface area contributed by atoms with Gasteiger partial charge in [0.15, 0.2) is 10.8 Å². The summed E-state index contributed by atoms with van der Waals surface area (Å²) in [5, 5.41) is 5.24. The summed E-state index contributed by atoms with van der Waals surface area (Å²) in [6.07, 6.45) is 1.66. The number of fused-ring (bicyclic) bond motifs is 1. The number of pyridine rings is 1. The number of thiazole rings is 1. The number of hydrogen-bond donors (Lipinski definition) is 0. The van der Waals surface area contributed by atoms with Crippen LogP contribution < -0.4 is 10.6 Å². The van der Waals surface area contributed by atoms with Gasteiger partial charge >= 0.3 is 5.69 Å². The molecule has 1 aliphatic heterocycles. The van der Waals surface area contributed by atoms with E-state index in [1.54, 1.807) is 34.6 Å². The van der Waals surface area contributed by atoms with E-state index >= 15 is 0 Å². The highest BCUT2D eigenvalue weighted by Crippen LogP contribution is 2.25. The fourth-order valence-corrected chi connectivity index (χ4v) is 4.00. The fourth-order valence-electron chi connectivity index (χ4n) is 3.04. The molecule has 0 atom stereocenters. The van der Waals surface area contributed by atoms with Gasteiger partial charge in [0, 0.05) is 37.3 Å². The molecule has 1 amide bonds. The van der Waals surface area contributed by atoms with Crippen LogP contribution in [0.25, 0.3) is 5.65 Å². The van der Waals surface area contributed by atoms with Crippen LogP contribution in [-0.4, -0.2) is 56.2 Å². The van der Waals surface area contributed by atoms with Crippen LogP contribution in [-0.2, 0) is 11.3 Å². The third kappa shape index (κ3) is 2.98. The van der Waals surface area contributed by atoms with Crippen molar-refractivity contribution in [2.75, 3.05) is 31.1 Å². The highest BCUT2D eigenvalue weighted by atomic mass is 32.1. The monoisotopic (exact) mass is 372 g/mol. The fraction of sp³-hybridized carbons (Fsp3) is 0.412. The number of aromatic nitrogens is 4. The molecule has 0 saturated carbocycles. The molecule has 0 spiro atoms. The molecule has 0 bridgehead atoms. The molecule has 1 fully saturated rings. The van der Waals surface area contributed by atoms with E-state index in [0.717, 1.165) is 23.9 Å². The first-order valence-corrected chi connectivity index (χ1v) is 9.35. The van der Waals surface area contributed by atoms with Gasteiger partial charge in [-0.05, 0) is 26.0 Å². The molecule has 4 heterocycles. The Kier molecular flexibility index (Phi) is 4.23.